The van der Waals surface area contributed by atoms with Crippen LogP contribution in [0.4, 0.5) is 4.79 Å². The van der Waals surface area contributed by atoms with Crippen molar-refractivity contribution >= 4 is 6.09 Å². The Labute approximate surface area is 96.7 Å². The molecule has 2 atom stereocenters. The van der Waals surface area contributed by atoms with Crippen molar-refractivity contribution in [1.82, 2.24) is 5.32 Å². The van der Waals surface area contributed by atoms with Crippen molar-refractivity contribution in [2.45, 2.75) is 51.2 Å². The number of carbonyl (C=O) groups is 1. The lowest BCUT2D eigenvalue weighted by Gasteiger charge is -2.10. The van der Waals surface area contributed by atoms with E-state index in [-0.39, 0.29) is 12.6 Å². The second kappa shape index (κ2) is 7.28. The first-order valence-electron chi connectivity index (χ1n) is 6.02. The minimum absolute atomic E-state index is 0.250. The second-order valence-electron chi connectivity index (χ2n) is 4.12. The molecule has 0 radical (unpaired) electrons. The molecule has 2 unspecified atom stereocenters. The lowest BCUT2D eigenvalue weighted by molar-refractivity contribution is 0.156. The number of amides is 1. The van der Waals surface area contributed by atoms with E-state index >= 15 is 0 Å². The number of unbranched alkanes of at least 4 members (excludes halogenated alkanes) is 4. The van der Waals surface area contributed by atoms with Crippen LogP contribution in [0.25, 0.3) is 0 Å². The molecule has 1 fully saturated rings. The van der Waals surface area contributed by atoms with Gasteiger partial charge < -0.3 is 15.2 Å². The van der Waals surface area contributed by atoms with Gasteiger partial charge in [-0.1, -0.05) is 38.3 Å². The first kappa shape index (κ1) is 13.0. The van der Waals surface area contributed by atoms with Crippen LogP contribution >= 0.6 is 0 Å². The fraction of sp³-hybridized carbons (Fsp3) is 0.750. The van der Waals surface area contributed by atoms with Crippen LogP contribution < -0.4 is 5.32 Å². The summed E-state index contributed by atoms with van der Waals surface area (Å²) >= 11 is 0. The summed E-state index contributed by atoms with van der Waals surface area (Å²) in [6.45, 7) is 2.43. The van der Waals surface area contributed by atoms with Gasteiger partial charge in [-0.25, -0.2) is 4.79 Å². The fourth-order valence-electron chi connectivity index (χ4n) is 1.64. The predicted octanol–water partition coefficient (Wildman–Crippen LogP) is 1.98. The summed E-state index contributed by atoms with van der Waals surface area (Å²) in [7, 11) is 0. The van der Waals surface area contributed by atoms with Crippen molar-refractivity contribution in [2.75, 3.05) is 6.61 Å². The van der Waals surface area contributed by atoms with Gasteiger partial charge in [-0.15, -0.1) is 0 Å². The molecule has 92 valence electrons. The Bertz CT molecular complexity index is 240. The summed E-state index contributed by atoms with van der Waals surface area (Å²) in [5, 5.41) is 12.2. The molecule has 1 rings (SSSR count). The molecule has 0 bridgehead atoms. The zero-order valence-electron chi connectivity index (χ0n) is 9.82. The molecular formula is C12H21NO3. The number of allylic oxidation sites excluding steroid dienone is 1. The first-order valence-corrected chi connectivity index (χ1v) is 6.02. The van der Waals surface area contributed by atoms with Crippen LogP contribution in [0.2, 0.25) is 0 Å². The van der Waals surface area contributed by atoms with Crippen molar-refractivity contribution in [3.05, 3.63) is 12.2 Å². The van der Waals surface area contributed by atoms with Crippen LogP contribution in [0.5, 0.6) is 0 Å². The van der Waals surface area contributed by atoms with Gasteiger partial charge in [0.15, 0.2) is 0 Å². The largest absolute Gasteiger partial charge is 0.447 e. The number of nitrogens with one attached hydrogen (secondary N) is 1. The molecular weight excluding hydrogens is 206 g/mol. The molecule has 0 aromatic heterocycles. The zero-order valence-corrected chi connectivity index (χ0v) is 9.82. The smallest absolute Gasteiger partial charge is 0.407 e. The number of ether oxygens (including phenoxy) is 1. The summed E-state index contributed by atoms with van der Waals surface area (Å²) in [5.41, 5.74) is 0. The lowest BCUT2D eigenvalue weighted by atomic mass is 10.1. The van der Waals surface area contributed by atoms with Gasteiger partial charge in [0.05, 0.1) is 12.1 Å². The normalized spacial score (nSPS) is 22.1. The highest BCUT2D eigenvalue weighted by Gasteiger charge is 2.26. The highest BCUT2D eigenvalue weighted by atomic mass is 16.6. The molecule has 0 aromatic carbocycles. The average molecular weight is 227 g/mol. The SMILES string of the molecule is CCCCCC/C=C/C(O)C1COC(=O)N1. The maximum atomic E-state index is 10.7. The number of cyclic esters (lactones) is 1. The number of hydrogen-bond donors (Lipinski definition) is 2. The number of alkyl carbamates (subject to hydrolysis) is 1. The lowest BCUT2D eigenvalue weighted by Crippen LogP contribution is -2.36. The summed E-state index contributed by atoms with van der Waals surface area (Å²) in [4.78, 5) is 10.7. The molecule has 0 saturated carbocycles. The van der Waals surface area contributed by atoms with Crippen LogP contribution in [0.15, 0.2) is 12.2 Å². The number of carbonyl (C=O) groups excluding carboxylic acids is 1. The van der Waals surface area contributed by atoms with E-state index in [9.17, 15) is 9.90 Å². The Balaban J connectivity index is 2.11. The van der Waals surface area contributed by atoms with Crippen molar-refractivity contribution in [3.63, 3.8) is 0 Å². The van der Waals surface area contributed by atoms with Gasteiger partial charge >= 0.3 is 6.09 Å². The van der Waals surface area contributed by atoms with Crippen LogP contribution in [0.1, 0.15) is 39.0 Å². The van der Waals surface area contributed by atoms with Crippen LogP contribution in [-0.4, -0.2) is 30.0 Å². The van der Waals surface area contributed by atoms with Gasteiger partial charge in [0.2, 0.25) is 0 Å². The van der Waals surface area contributed by atoms with Gasteiger partial charge in [0.1, 0.15) is 6.61 Å². The van der Waals surface area contributed by atoms with E-state index in [1.165, 1.54) is 19.3 Å². The Morgan fingerprint density at radius 3 is 3.00 bits per heavy atom. The van der Waals surface area contributed by atoms with Gasteiger partial charge in [-0.05, 0) is 12.8 Å². The van der Waals surface area contributed by atoms with Crippen LogP contribution in [0, 0.1) is 0 Å². The van der Waals surface area contributed by atoms with E-state index in [0.29, 0.717) is 0 Å². The standard InChI is InChI=1S/C12H21NO3/c1-2-3-4-5-6-7-8-11(14)10-9-16-12(15)13-10/h7-8,10-11,14H,2-6,9H2,1H3,(H,13,15)/b8-7+. The van der Waals surface area contributed by atoms with Crippen molar-refractivity contribution < 1.29 is 14.6 Å². The topological polar surface area (TPSA) is 58.6 Å². The first-order chi connectivity index (χ1) is 7.74. The van der Waals surface area contributed by atoms with Crippen LogP contribution in [-0.2, 0) is 4.74 Å². The van der Waals surface area contributed by atoms with E-state index < -0.39 is 12.2 Å². The maximum absolute atomic E-state index is 10.7. The van der Waals surface area contributed by atoms with Gasteiger partial charge in [0, 0.05) is 0 Å². The zero-order chi connectivity index (χ0) is 11.8. The third kappa shape index (κ3) is 4.66. The van der Waals surface area contributed by atoms with E-state index in [4.69, 9.17) is 4.74 Å². The van der Waals surface area contributed by atoms with Crippen molar-refractivity contribution in [3.8, 4) is 0 Å². The molecule has 4 nitrogen and oxygen atoms in total. The minimum atomic E-state index is -0.641. The van der Waals surface area contributed by atoms with E-state index in [1.54, 1.807) is 6.08 Å². The number of rotatable bonds is 7. The quantitative estimate of drug-likeness (QED) is 0.516. The number of aliphatic hydroxyl groups excluding tert-OH is 1. The molecule has 1 amide bonds. The molecule has 4 heteroatoms. The van der Waals surface area contributed by atoms with E-state index in [1.807, 2.05) is 6.08 Å². The monoisotopic (exact) mass is 227 g/mol. The Morgan fingerprint density at radius 2 is 2.38 bits per heavy atom. The number of hydrogen-bond acceptors (Lipinski definition) is 3. The molecule has 0 spiro atoms. The van der Waals surface area contributed by atoms with E-state index in [2.05, 4.69) is 12.2 Å². The molecule has 1 aliphatic heterocycles. The highest BCUT2D eigenvalue weighted by molar-refractivity contribution is 5.69. The molecule has 0 aromatic rings. The molecule has 0 aliphatic carbocycles. The van der Waals surface area contributed by atoms with E-state index in [0.717, 1.165) is 12.8 Å². The Morgan fingerprint density at radius 1 is 1.56 bits per heavy atom. The molecule has 16 heavy (non-hydrogen) atoms. The molecule has 2 N–H and O–H groups in total. The minimum Gasteiger partial charge on any atom is -0.447 e. The average Bonchev–Trinajstić information content (AvgIpc) is 2.70. The summed E-state index contributed by atoms with van der Waals surface area (Å²) in [6, 6.07) is -0.292. The summed E-state index contributed by atoms with van der Waals surface area (Å²) < 4.78 is 4.70. The van der Waals surface area contributed by atoms with Crippen LogP contribution in [0.3, 0.4) is 0 Å². The molecule has 1 aliphatic rings. The highest BCUT2D eigenvalue weighted by Crippen LogP contribution is 2.07. The Hall–Kier alpha value is -1.03. The van der Waals surface area contributed by atoms with Gasteiger partial charge in [-0.3, -0.25) is 0 Å². The van der Waals surface area contributed by atoms with Gasteiger partial charge in [-0.2, -0.15) is 0 Å². The third-order valence-electron chi connectivity index (χ3n) is 2.67. The summed E-state index contributed by atoms with van der Waals surface area (Å²) in [6.07, 6.45) is 8.51. The van der Waals surface area contributed by atoms with Crippen molar-refractivity contribution in [1.29, 1.82) is 0 Å². The Kier molecular flexibility index (Phi) is 5.93. The maximum Gasteiger partial charge on any atom is 0.407 e. The number of aliphatic hydroxyl groups is 1. The second-order valence-corrected chi connectivity index (χ2v) is 4.12. The summed E-state index contributed by atoms with van der Waals surface area (Å²) in [5.74, 6) is 0. The van der Waals surface area contributed by atoms with Crippen molar-refractivity contribution in [2.24, 2.45) is 0 Å². The fourth-order valence-corrected chi connectivity index (χ4v) is 1.64. The molecule has 1 heterocycles. The predicted molar refractivity (Wildman–Crippen MR) is 62.2 cm³/mol. The molecule has 1 saturated heterocycles. The van der Waals surface area contributed by atoms with Gasteiger partial charge in [0.25, 0.3) is 0 Å². The third-order valence-corrected chi connectivity index (χ3v) is 2.67.